The van der Waals surface area contributed by atoms with Crippen molar-refractivity contribution in [1.82, 2.24) is 0 Å². The molecule has 0 saturated carbocycles. The van der Waals surface area contributed by atoms with Crippen molar-refractivity contribution in [1.29, 1.82) is 0 Å². The van der Waals surface area contributed by atoms with Crippen molar-refractivity contribution in [2.75, 3.05) is 0 Å². The number of hydrogen-bond donors (Lipinski definition) is 2. The highest BCUT2D eigenvalue weighted by atomic mass is 16.5. The Morgan fingerprint density at radius 3 is 1.32 bits per heavy atom. The molecule has 0 fully saturated rings. The Bertz CT molecular complexity index is 991. The first-order valence-corrected chi connectivity index (χ1v) is 13.7. The van der Waals surface area contributed by atoms with Gasteiger partial charge in [-0.05, 0) is 50.3 Å². The quantitative estimate of drug-likeness (QED) is 0.199. The standard InChI is InChI=1S/C12H16O2.2C8H10O.C6H10O2.CH4/c1-3-7-12(13)14-10(2)11-8-5-4-6-9-11;2*1-7(9)8-5-3-2-4-6-8;1-3-5-6(7)8-4-2;/h4-6,8-10H,3,7H2,1-2H3;2*2-7,9H,1H3;4H,2-3,5H2,1H3;1H4/t10-;7-;;;/m10.../s1. The summed E-state index contributed by atoms with van der Waals surface area (Å²) in [5, 5.41) is 18.0. The summed E-state index contributed by atoms with van der Waals surface area (Å²) in [4.78, 5) is 21.6. The molecular weight excluding hydrogens is 516 g/mol. The minimum absolute atomic E-state index is 0. The highest BCUT2D eigenvalue weighted by Gasteiger charge is 2.09. The van der Waals surface area contributed by atoms with Crippen molar-refractivity contribution in [3.63, 3.8) is 0 Å². The number of ether oxygens (including phenoxy) is 2. The first-order valence-electron chi connectivity index (χ1n) is 13.7. The van der Waals surface area contributed by atoms with E-state index < -0.39 is 0 Å². The number of benzene rings is 3. The van der Waals surface area contributed by atoms with Crippen LogP contribution >= 0.6 is 0 Å². The number of carbonyl (C=O) groups excluding carboxylic acids is 2. The van der Waals surface area contributed by atoms with Gasteiger partial charge in [0.2, 0.25) is 0 Å². The topological polar surface area (TPSA) is 93.1 Å². The molecule has 3 aromatic carbocycles. The molecule has 0 radical (unpaired) electrons. The molecule has 3 atom stereocenters. The molecule has 1 unspecified atom stereocenters. The molecule has 0 bridgehead atoms. The minimum atomic E-state index is -0.341. The molecule has 0 aromatic heterocycles. The molecule has 0 heterocycles. The van der Waals surface area contributed by atoms with E-state index in [4.69, 9.17) is 14.9 Å². The zero-order valence-corrected chi connectivity index (χ0v) is 24.5. The molecule has 0 saturated heterocycles. The average Bonchev–Trinajstić information content (AvgIpc) is 2.96. The maximum Gasteiger partial charge on any atom is 0.310 e. The van der Waals surface area contributed by atoms with Crippen molar-refractivity contribution < 1.29 is 29.3 Å². The summed E-state index contributed by atoms with van der Waals surface area (Å²) in [5.41, 5.74) is 2.98. The Hall–Kier alpha value is -3.74. The van der Waals surface area contributed by atoms with E-state index >= 15 is 0 Å². The van der Waals surface area contributed by atoms with E-state index in [1.54, 1.807) is 13.8 Å². The third-order valence-electron chi connectivity index (χ3n) is 5.26. The van der Waals surface area contributed by atoms with Gasteiger partial charge in [0.05, 0.1) is 18.5 Å². The molecule has 2 N–H and O–H groups in total. The van der Waals surface area contributed by atoms with Gasteiger partial charge in [0.15, 0.2) is 0 Å². The Morgan fingerprint density at radius 2 is 1.02 bits per heavy atom. The van der Waals surface area contributed by atoms with Crippen LogP contribution in [0.2, 0.25) is 0 Å². The van der Waals surface area contributed by atoms with E-state index in [0.29, 0.717) is 12.8 Å². The molecule has 0 amide bonds. The molecule has 3 rings (SSSR count). The first-order chi connectivity index (χ1) is 19.2. The second-order valence-corrected chi connectivity index (χ2v) is 8.87. The van der Waals surface area contributed by atoms with Crippen LogP contribution in [0.5, 0.6) is 0 Å². The molecule has 6 nitrogen and oxygen atoms in total. The molecule has 226 valence electrons. The smallest absolute Gasteiger partial charge is 0.310 e. The monoisotopic (exact) mass is 566 g/mol. The second-order valence-electron chi connectivity index (χ2n) is 8.87. The van der Waals surface area contributed by atoms with E-state index in [0.717, 1.165) is 35.8 Å². The molecule has 0 aliphatic carbocycles. The number of aliphatic hydroxyl groups excluding tert-OH is 2. The van der Waals surface area contributed by atoms with Crippen LogP contribution in [0, 0.1) is 0 Å². The van der Waals surface area contributed by atoms with Gasteiger partial charge in [-0.3, -0.25) is 9.59 Å². The van der Waals surface area contributed by atoms with Gasteiger partial charge in [0.25, 0.3) is 0 Å². The Kier molecular flexibility index (Phi) is 24.3. The lowest BCUT2D eigenvalue weighted by Gasteiger charge is -2.12. The van der Waals surface area contributed by atoms with Gasteiger partial charge in [-0.25, -0.2) is 0 Å². The molecule has 0 aliphatic rings. The fourth-order valence-corrected chi connectivity index (χ4v) is 3.07. The van der Waals surface area contributed by atoms with Crippen LogP contribution in [0.4, 0.5) is 0 Å². The van der Waals surface area contributed by atoms with E-state index in [1.165, 1.54) is 0 Å². The lowest BCUT2D eigenvalue weighted by Crippen LogP contribution is -2.07. The summed E-state index contributed by atoms with van der Waals surface area (Å²) in [6.45, 7) is 12.5. The van der Waals surface area contributed by atoms with Crippen molar-refractivity contribution >= 4 is 11.9 Å². The maximum atomic E-state index is 11.2. The van der Waals surface area contributed by atoms with Crippen molar-refractivity contribution in [2.24, 2.45) is 0 Å². The van der Waals surface area contributed by atoms with E-state index in [-0.39, 0.29) is 37.7 Å². The van der Waals surface area contributed by atoms with Crippen LogP contribution in [-0.4, -0.2) is 22.2 Å². The van der Waals surface area contributed by atoms with Crippen LogP contribution in [-0.2, 0) is 19.1 Å². The predicted octanol–water partition coefficient (Wildman–Crippen LogP) is 8.68. The molecule has 3 aromatic rings. The number of rotatable bonds is 9. The second kappa shape index (κ2) is 25.2. The van der Waals surface area contributed by atoms with Crippen molar-refractivity contribution in [3.05, 3.63) is 121 Å². The van der Waals surface area contributed by atoms with Crippen LogP contribution in [0.15, 0.2) is 104 Å². The SMILES string of the molecule is C.C=COC(=O)CCC.CC(O)c1ccccc1.CCCC(=O)O[C@H](C)c1ccccc1.C[C@H](O)c1ccccc1. The van der Waals surface area contributed by atoms with Gasteiger partial charge in [0.1, 0.15) is 6.10 Å². The van der Waals surface area contributed by atoms with Crippen molar-refractivity contribution in [2.45, 2.75) is 86.0 Å². The average molecular weight is 567 g/mol. The molecule has 0 spiro atoms. The van der Waals surface area contributed by atoms with E-state index in [1.807, 2.05) is 112 Å². The molecule has 41 heavy (non-hydrogen) atoms. The summed E-state index contributed by atoms with van der Waals surface area (Å²) < 4.78 is 9.65. The number of aliphatic hydroxyl groups is 2. The zero-order chi connectivity index (χ0) is 30.2. The fraction of sp³-hybridized carbons (Fsp3) is 0.371. The number of esters is 2. The lowest BCUT2D eigenvalue weighted by molar-refractivity contribution is -0.148. The maximum absolute atomic E-state index is 11.2. The number of hydrogen-bond acceptors (Lipinski definition) is 6. The highest BCUT2D eigenvalue weighted by molar-refractivity contribution is 5.70. The third-order valence-corrected chi connectivity index (χ3v) is 5.26. The summed E-state index contributed by atoms with van der Waals surface area (Å²) in [6.07, 6.45) is 2.96. The largest absolute Gasteiger partial charge is 0.458 e. The van der Waals surface area contributed by atoms with Crippen LogP contribution < -0.4 is 0 Å². The van der Waals surface area contributed by atoms with Gasteiger partial charge in [0, 0.05) is 12.8 Å². The summed E-state index contributed by atoms with van der Waals surface area (Å²) in [5.74, 6) is -0.327. The Balaban J connectivity index is 0. The van der Waals surface area contributed by atoms with Crippen molar-refractivity contribution in [3.8, 4) is 0 Å². The van der Waals surface area contributed by atoms with E-state index in [9.17, 15) is 9.59 Å². The summed E-state index contributed by atoms with van der Waals surface area (Å²) in [7, 11) is 0. The summed E-state index contributed by atoms with van der Waals surface area (Å²) in [6, 6.07) is 28.9. The predicted molar refractivity (Wildman–Crippen MR) is 168 cm³/mol. The van der Waals surface area contributed by atoms with Crippen LogP contribution in [0.1, 0.15) is 103 Å². The lowest BCUT2D eigenvalue weighted by atomic mass is 10.1. The minimum Gasteiger partial charge on any atom is -0.458 e. The molecule has 0 aliphatic heterocycles. The normalized spacial score (nSPS) is 11.5. The fourth-order valence-electron chi connectivity index (χ4n) is 3.07. The Labute approximate surface area is 247 Å². The molecular formula is C35H50O6. The van der Waals surface area contributed by atoms with Crippen LogP contribution in [0.25, 0.3) is 0 Å². The van der Waals surface area contributed by atoms with Gasteiger partial charge >= 0.3 is 11.9 Å². The first kappa shape index (κ1) is 39.4. The van der Waals surface area contributed by atoms with Gasteiger partial charge in [-0.2, -0.15) is 0 Å². The van der Waals surface area contributed by atoms with Gasteiger partial charge < -0.3 is 19.7 Å². The highest BCUT2D eigenvalue weighted by Crippen LogP contribution is 2.16. The van der Waals surface area contributed by atoms with Gasteiger partial charge in [-0.15, -0.1) is 0 Å². The van der Waals surface area contributed by atoms with E-state index in [2.05, 4.69) is 11.3 Å². The van der Waals surface area contributed by atoms with Crippen LogP contribution in [0.3, 0.4) is 0 Å². The Morgan fingerprint density at radius 1 is 0.683 bits per heavy atom. The van der Waals surface area contributed by atoms with Gasteiger partial charge in [-0.1, -0.05) is 119 Å². The number of carbonyl (C=O) groups is 2. The molecule has 6 heteroatoms. The third kappa shape index (κ3) is 20.8. The summed E-state index contributed by atoms with van der Waals surface area (Å²) >= 11 is 0. The zero-order valence-electron chi connectivity index (χ0n) is 24.5.